The summed E-state index contributed by atoms with van der Waals surface area (Å²) in [6.07, 6.45) is 5.14. The lowest BCUT2D eigenvalue weighted by atomic mass is 10.0. The molecule has 0 bridgehead atoms. The number of halogens is 1. The van der Waals surface area contributed by atoms with E-state index in [4.69, 9.17) is 11.2 Å². The van der Waals surface area contributed by atoms with Crippen LogP contribution in [0.3, 0.4) is 0 Å². The fourth-order valence-electron chi connectivity index (χ4n) is 1.54. The molecule has 2 aromatic carbocycles. The monoisotopic (exact) mass is 225 g/mol. The molecule has 0 saturated carbocycles. The molecular formula is C15H10FO. The van der Waals surface area contributed by atoms with Crippen molar-refractivity contribution in [3.63, 3.8) is 0 Å². The third kappa shape index (κ3) is 2.64. The van der Waals surface area contributed by atoms with E-state index in [-0.39, 0.29) is 12.4 Å². The quantitative estimate of drug-likeness (QED) is 0.728. The SMILES string of the molecule is C#CCOc1[c]cccc1-c1cccc(F)c1. The predicted octanol–water partition coefficient (Wildman–Crippen LogP) is 3.30. The highest BCUT2D eigenvalue weighted by Gasteiger charge is 2.06. The third-order valence-corrected chi connectivity index (χ3v) is 2.25. The van der Waals surface area contributed by atoms with Crippen LogP contribution in [-0.2, 0) is 0 Å². The van der Waals surface area contributed by atoms with Crippen molar-refractivity contribution >= 4 is 0 Å². The summed E-state index contributed by atoms with van der Waals surface area (Å²) in [5, 5.41) is 0. The second-order valence-corrected chi connectivity index (χ2v) is 3.42. The Bertz CT molecular complexity index is 555. The molecular weight excluding hydrogens is 215 g/mol. The van der Waals surface area contributed by atoms with Crippen LogP contribution in [0, 0.1) is 24.2 Å². The standard InChI is InChI=1S/C15H10FO/c1-2-10-17-15-9-4-3-8-14(15)12-6-5-7-13(16)11-12/h1,3-8,11H,10H2. The highest BCUT2D eigenvalue weighted by atomic mass is 19.1. The third-order valence-electron chi connectivity index (χ3n) is 2.25. The summed E-state index contributed by atoms with van der Waals surface area (Å²) in [6, 6.07) is 14.7. The molecule has 1 radical (unpaired) electrons. The zero-order valence-electron chi connectivity index (χ0n) is 9.11. The van der Waals surface area contributed by atoms with Crippen LogP contribution >= 0.6 is 0 Å². The summed E-state index contributed by atoms with van der Waals surface area (Å²) >= 11 is 0. The number of ether oxygens (including phenoxy) is 1. The van der Waals surface area contributed by atoms with Crippen LogP contribution in [0.1, 0.15) is 0 Å². The molecule has 17 heavy (non-hydrogen) atoms. The van der Waals surface area contributed by atoms with Gasteiger partial charge < -0.3 is 4.74 Å². The lowest BCUT2D eigenvalue weighted by Crippen LogP contribution is -1.95. The number of hydrogen-bond donors (Lipinski definition) is 0. The Morgan fingerprint density at radius 2 is 2.18 bits per heavy atom. The van der Waals surface area contributed by atoms with Crippen LogP contribution in [0.2, 0.25) is 0 Å². The van der Waals surface area contributed by atoms with Gasteiger partial charge in [0.15, 0.2) is 0 Å². The first kappa shape index (κ1) is 11.2. The summed E-state index contributed by atoms with van der Waals surface area (Å²) in [5.74, 6) is 2.64. The van der Waals surface area contributed by atoms with E-state index in [2.05, 4.69) is 12.0 Å². The van der Waals surface area contributed by atoms with Crippen molar-refractivity contribution in [2.45, 2.75) is 0 Å². The molecule has 2 heteroatoms. The molecule has 0 spiro atoms. The minimum Gasteiger partial charge on any atom is -0.480 e. The zero-order valence-corrected chi connectivity index (χ0v) is 9.11. The largest absolute Gasteiger partial charge is 0.480 e. The van der Waals surface area contributed by atoms with Gasteiger partial charge in [0.05, 0.1) is 0 Å². The second-order valence-electron chi connectivity index (χ2n) is 3.42. The van der Waals surface area contributed by atoms with Gasteiger partial charge in [-0.3, -0.25) is 0 Å². The van der Waals surface area contributed by atoms with E-state index >= 15 is 0 Å². The molecule has 0 amide bonds. The minimum atomic E-state index is -0.283. The maximum Gasteiger partial charge on any atom is 0.148 e. The molecule has 0 aromatic heterocycles. The van der Waals surface area contributed by atoms with Crippen LogP contribution in [-0.4, -0.2) is 6.61 Å². The van der Waals surface area contributed by atoms with Gasteiger partial charge in [0, 0.05) is 11.6 Å². The fourth-order valence-corrected chi connectivity index (χ4v) is 1.54. The second kappa shape index (κ2) is 5.18. The van der Waals surface area contributed by atoms with Crippen molar-refractivity contribution in [2.75, 3.05) is 6.61 Å². The lowest BCUT2D eigenvalue weighted by molar-refractivity contribution is 0.371. The topological polar surface area (TPSA) is 9.23 Å². The molecule has 83 valence electrons. The highest BCUT2D eigenvalue weighted by molar-refractivity contribution is 5.70. The smallest absolute Gasteiger partial charge is 0.148 e. The number of para-hydroxylation sites is 1. The van der Waals surface area contributed by atoms with Gasteiger partial charge in [-0.25, -0.2) is 4.39 Å². The molecule has 2 rings (SSSR count). The Balaban J connectivity index is 2.41. The van der Waals surface area contributed by atoms with Crippen molar-refractivity contribution in [1.29, 1.82) is 0 Å². The van der Waals surface area contributed by atoms with Crippen LogP contribution in [0.15, 0.2) is 42.5 Å². The number of rotatable bonds is 3. The molecule has 0 aliphatic heterocycles. The molecule has 0 aliphatic carbocycles. The number of benzene rings is 2. The Morgan fingerprint density at radius 1 is 1.29 bits per heavy atom. The normalized spacial score (nSPS) is 9.65. The minimum absolute atomic E-state index is 0.169. The van der Waals surface area contributed by atoms with Gasteiger partial charge in [0.2, 0.25) is 0 Å². The molecule has 1 nitrogen and oxygen atoms in total. The van der Waals surface area contributed by atoms with Gasteiger partial charge in [-0.2, -0.15) is 0 Å². The predicted molar refractivity (Wildman–Crippen MR) is 65.0 cm³/mol. The average Bonchev–Trinajstić information content (AvgIpc) is 2.37. The van der Waals surface area contributed by atoms with Crippen molar-refractivity contribution in [2.24, 2.45) is 0 Å². The van der Waals surface area contributed by atoms with E-state index in [1.54, 1.807) is 12.1 Å². The average molecular weight is 225 g/mol. The summed E-state index contributed by atoms with van der Waals surface area (Å²) in [4.78, 5) is 0. The van der Waals surface area contributed by atoms with E-state index in [0.717, 1.165) is 11.1 Å². The summed E-state index contributed by atoms with van der Waals surface area (Å²) in [7, 11) is 0. The maximum atomic E-state index is 13.2. The van der Waals surface area contributed by atoms with Crippen LogP contribution in [0.4, 0.5) is 4.39 Å². The number of hydrogen-bond acceptors (Lipinski definition) is 1. The van der Waals surface area contributed by atoms with Crippen molar-refractivity contribution in [3.8, 4) is 29.2 Å². The fraction of sp³-hybridized carbons (Fsp3) is 0.0667. The van der Waals surface area contributed by atoms with E-state index in [9.17, 15) is 4.39 Å². The van der Waals surface area contributed by atoms with Crippen molar-refractivity contribution < 1.29 is 9.13 Å². The van der Waals surface area contributed by atoms with Gasteiger partial charge in [0.25, 0.3) is 0 Å². The van der Waals surface area contributed by atoms with E-state index < -0.39 is 0 Å². The molecule has 0 aliphatic rings. The molecule has 0 atom stereocenters. The maximum absolute atomic E-state index is 13.2. The summed E-state index contributed by atoms with van der Waals surface area (Å²) < 4.78 is 18.5. The van der Waals surface area contributed by atoms with Crippen molar-refractivity contribution in [3.05, 3.63) is 54.3 Å². The van der Waals surface area contributed by atoms with Gasteiger partial charge >= 0.3 is 0 Å². The number of terminal acetylenes is 1. The van der Waals surface area contributed by atoms with E-state index in [1.807, 2.05) is 18.2 Å². The van der Waals surface area contributed by atoms with E-state index in [1.165, 1.54) is 12.1 Å². The first-order chi connectivity index (χ1) is 8.31. The van der Waals surface area contributed by atoms with Gasteiger partial charge in [-0.15, -0.1) is 6.42 Å². The van der Waals surface area contributed by atoms with Crippen LogP contribution < -0.4 is 4.74 Å². The summed E-state index contributed by atoms with van der Waals surface area (Å²) in [6.45, 7) is 0.169. The van der Waals surface area contributed by atoms with Gasteiger partial charge in [-0.05, 0) is 17.7 Å². The molecule has 0 unspecified atom stereocenters. The van der Waals surface area contributed by atoms with Crippen molar-refractivity contribution in [1.82, 2.24) is 0 Å². The molecule has 0 fully saturated rings. The Hall–Kier alpha value is -2.27. The zero-order chi connectivity index (χ0) is 12.1. The first-order valence-corrected chi connectivity index (χ1v) is 5.14. The lowest BCUT2D eigenvalue weighted by Gasteiger charge is -2.09. The van der Waals surface area contributed by atoms with Gasteiger partial charge in [0.1, 0.15) is 18.2 Å². The molecule has 0 saturated heterocycles. The van der Waals surface area contributed by atoms with Gasteiger partial charge in [-0.1, -0.05) is 36.3 Å². The molecule has 0 N–H and O–H groups in total. The Kier molecular flexibility index (Phi) is 3.42. The van der Waals surface area contributed by atoms with Crippen LogP contribution in [0.25, 0.3) is 11.1 Å². The summed E-state index contributed by atoms with van der Waals surface area (Å²) in [5.41, 5.74) is 1.52. The molecule has 2 aromatic rings. The molecule has 0 heterocycles. The van der Waals surface area contributed by atoms with E-state index in [0.29, 0.717) is 5.75 Å². The first-order valence-electron chi connectivity index (χ1n) is 5.14. The Labute approximate surface area is 99.9 Å². The van der Waals surface area contributed by atoms with Crippen LogP contribution in [0.5, 0.6) is 5.75 Å². The highest BCUT2D eigenvalue weighted by Crippen LogP contribution is 2.29. The Morgan fingerprint density at radius 3 is 2.94 bits per heavy atom.